The molecule has 8 nitrogen and oxygen atoms in total. The van der Waals surface area contributed by atoms with E-state index in [1.807, 2.05) is 17.0 Å². The Morgan fingerprint density at radius 3 is 2.45 bits per heavy atom. The molecule has 0 saturated heterocycles. The predicted octanol–water partition coefficient (Wildman–Crippen LogP) is 5.58. The SMILES string of the molecule is C=CCC(=O)Nc1ccc2c(c1)C(=O)N(CC/C(=C\CCC(=O)NC)NCCN(C)CC)C(c1ccc(C(C)(C)C)cc1)C2. The number of carbonyl (C=O) groups is 3. The van der Waals surface area contributed by atoms with Gasteiger partial charge >= 0.3 is 0 Å². The minimum atomic E-state index is -0.164. The minimum Gasteiger partial charge on any atom is -0.387 e. The van der Waals surface area contributed by atoms with E-state index in [-0.39, 0.29) is 35.6 Å². The van der Waals surface area contributed by atoms with Crippen LogP contribution >= 0.6 is 0 Å². The van der Waals surface area contributed by atoms with E-state index in [0.717, 1.165) is 36.5 Å². The maximum Gasteiger partial charge on any atom is 0.254 e. The summed E-state index contributed by atoms with van der Waals surface area (Å²) >= 11 is 0. The van der Waals surface area contributed by atoms with Crippen LogP contribution in [0.15, 0.2) is 66.9 Å². The quantitative estimate of drug-likeness (QED) is 0.232. The maximum atomic E-state index is 14.2. The third-order valence-corrected chi connectivity index (χ3v) is 8.21. The normalized spacial score (nSPS) is 15.2. The van der Waals surface area contributed by atoms with E-state index in [1.165, 1.54) is 5.56 Å². The van der Waals surface area contributed by atoms with Crippen molar-refractivity contribution in [1.29, 1.82) is 0 Å². The van der Waals surface area contributed by atoms with Gasteiger partial charge in [0.1, 0.15) is 0 Å². The molecule has 44 heavy (non-hydrogen) atoms. The number of hydrogen-bond acceptors (Lipinski definition) is 5. The standard InChI is InChI=1S/C36H51N5O3/c1-8-11-34(43)39-30-19-16-27-24-32(26-14-17-28(18-15-26)36(3,4)5)41(35(44)31(27)25-30)22-20-29(12-10-13-33(42)37-6)38-21-23-40(7)9-2/h8,12,14-19,25,32,38H,1,9-11,13,20-24H2,2-7H3,(H,37,42)(H,39,43)/b29-12+. The van der Waals surface area contributed by atoms with Crippen LogP contribution in [-0.2, 0) is 21.4 Å². The first-order chi connectivity index (χ1) is 21.0. The summed E-state index contributed by atoms with van der Waals surface area (Å²) in [6.07, 6.45) is 6.20. The second-order valence-corrected chi connectivity index (χ2v) is 12.5. The Balaban J connectivity index is 1.91. The number of amides is 3. The first kappa shape index (κ1) is 34.6. The fourth-order valence-electron chi connectivity index (χ4n) is 5.32. The maximum absolute atomic E-state index is 14.2. The predicted molar refractivity (Wildman–Crippen MR) is 180 cm³/mol. The van der Waals surface area contributed by atoms with E-state index in [2.05, 4.69) is 92.5 Å². The van der Waals surface area contributed by atoms with Crippen molar-refractivity contribution in [2.45, 2.75) is 71.3 Å². The summed E-state index contributed by atoms with van der Waals surface area (Å²) in [7, 11) is 3.74. The van der Waals surface area contributed by atoms with E-state index < -0.39 is 0 Å². The van der Waals surface area contributed by atoms with Gasteiger partial charge in [-0.15, -0.1) is 6.58 Å². The summed E-state index contributed by atoms with van der Waals surface area (Å²) in [6.45, 7) is 15.5. The monoisotopic (exact) mass is 601 g/mol. The number of allylic oxidation sites excluding steroid dienone is 1. The van der Waals surface area contributed by atoms with Gasteiger partial charge in [-0.05, 0) is 60.7 Å². The molecule has 0 aromatic heterocycles. The van der Waals surface area contributed by atoms with Gasteiger partial charge in [-0.3, -0.25) is 14.4 Å². The molecule has 0 radical (unpaired) electrons. The number of benzene rings is 2. The molecule has 238 valence electrons. The molecule has 3 rings (SSSR count). The fourth-order valence-corrected chi connectivity index (χ4v) is 5.32. The van der Waals surface area contributed by atoms with E-state index in [9.17, 15) is 14.4 Å². The van der Waals surface area contributed by atoms with E-state index in [1.54, 1.807) is 19.2 Å². The molecule has 3 N–H and O–H groups in total. The van der Waals surface area contributed by atoms with Crippen LogP contribution in [0.3, 0.4) is 0 Å². The molecular formula is C36H51N5O3. The molecule has 8 heteroatoms. The van der Waals surface area contributed by atoms with Crippen molar-refractivity contribution in [2.75, 3.05) is 45.6 Å². The van der Waals surface area contributed by atoms with Gasteiger partial charge in [0.15, 0.2) is 0 Å². The molecule has 0 bridgehead atoms. The fraction of sp³-hybridized carbons (Fsp3) is 0.472. The highest BCUT2D eigenvalue weighted by Gasteiger charge is 2.33. The Morgan fingerprint density at radius 1 is 1.09 bits per heavy atom. The molecule has 2 aromatic carbocycles. The lowest BCUT2D eigenvalue weighted by atomic mass is 9.84. The highest BCUT2D eigenvalue weighted by Crippen LogP contribution is 2.36. The number of carbonyl (C=O) groups excluding carboxylic acids is 3. The van der Waals surface area contributed by atoms with Crippen LogP contribution in [0.1, 0.15) is 86.5 Å². The zero-order chi connectivity index (χ0) is 32.3. The molecule has 1 heterocycles. The van der Waals surface area contributed by atoms with Crippen LogP contribution in [0.4, 0.5) is 5.69 Å². The van der Waals surface area contributed by atoms with Crippen molar-refractivity contribution in [3.63, 3.8) is 0 Å². The highest BCUT2D eigenvalue weighted by molar-refractivity contribution is 5.99. The van der Waals surface area contributed by atoms with Crippen LogP contribution < -0.4 is 16.0 Å². The molecule has 0 spiro atoms. The summed E-state index contributed by atoms with van der Waals surface area (Å²) in [5.41, 5.74) is 5.61. The molecule has 0 fully saturated rings. The van der Waals surface area contributed by atoms with Gasteiger partial charge in [-0.1, -0.05) is 70.2 Å². The van der Waals surface area contributed by atoms with Crippen LogP contribution in [-0.4, -0.2) is 67.8 Å². The molecule has 1 atom stereocenters. The van der Waals surface area contributed by atoms with E-state index in [4.69, 9.17) is 0 Å². The average molecular weight is 602 g/mol. The number of likely N-dealkylation sites (N-methyl/N-ethyl adjacent to an activating group) is 1. The molecule has 2 aromatic rings. The first-order valence-corrected chi connectivity index (χ1v) is 15.7. The smallest absolute Gasteiger partial charge is 0.254 e. The minimum absolute atomic E-state index is 0.00360. The van der Waals surface area contributed by atoms with Crippen molar-refractivity contribution in [1.82, 2.24) is 20.4 Å². The molecule has 3 amide bonds. The van der Waals surface area contributed by atoms with Crippen molar-refractivity contribution in [3.8, 4) is 0 Å². The van der Waals surface area contributed by atoms with Crippen molar-refractivity contribution < 1.29 is 14.4 Å². The molecule has 1 unspecified atom stereocenters. The van der Waals surface area contributed by atoms with Crippen molar-refractivity contribution in [2.24, 2.45) is 0 Å². The summed E-state index contributed by atoms with van der Waals surface area (Å²) in [5.74, 6) is -0.210. The second kappa shape index (κ2) is 16.2. The Morgan fingerprint density at radius 2 is 1.82 bits per heavy atom. The van der Waals surface area contributed by atoms with Crippen LogP contribution in [0.25, 0.3) is 0 Å². The van der Waals surface area contributed by atoms with Crippen LogP contribution in [0, 0.1) is 0 Å². The Labute approximate surface area is 264 Å². The zero-order valence-corrected chi connectivity index (χ0v) is 27.5. The zero-order valence-electron chi connectivity index (χ0n) is 27.5. The molecular weight excluding hydrogens is 550 g/mol. The number of anilines is 1. The number of nitrogens with zero attached hydrogens (tertiary/aromatic N) is 2. The first-order valence-electron chi connectivity index (χ1n) is 15.7. The van der Waals surface area contributed by atoms with E-state index >= 15 is 0 Å². The van der Waals surface area contributed by atoms with Gasteiger partial charge < -0.3 is 25.8 Å². The molecule has 1 aliphatic rings. The number of rotatable bonds is 15. The van der Waals surface area contributed by atoms with Crippen molar-refractivity contribution >= 4 is 23.4 Å². The van der Waals surface area contributed by atoms with Gasteiger partial charge in [0.05, 0.1) is 6.04 Å². The topological polar surface area (TPSA) is 93.8 Å². The van der Waals surface area contributed by atoms with Gasteiger partial charge in [0.2, 0.25) is 11.8 Å². The number of hydrogen-bond donors (Lipinski definition) is 3. The number of nitrogens with one attached hydrogen (secondary N) is 3. The lowest BCUT2D eigenvalue weighted by Crippen LogP contribution is -2.41. The summed E-state index contributed by atoms with van der Waals surface area (Å²) in [4.78, 5) is 42.5. The Kier molecular flexibility index (Phi) is 12.8. The molecule has 0 saturated carbocycles. The van der Waals surface area contributed by atoms with Gasteiger partial charge in [-0.25, -0.2) is 0 Å². The lowest BCUT2D eigenvalue weighted by Gasteiger charge is -2.38. The van der Waals surface area contributed by atoms with Gasteiger partial charge in [-0.2, -0.15) is 0 Å². The van der Waals surface area contributed by atoms with Crippen molar-refractivity contribution in [3.05, 3.63) is 89.1 Å². The molecule has 0 aliphatic carbocycles. The van der Waals surface area contributed by atoms with Gasteiger partial charge in [0, 0.05) is 62.9 Å². The van der Waals surface area contributed by atoms with Gasteiger partial charge in [0.25, 0.3) is 5.91 Å². The lowest BCUT2D eigenvalue weighted by molar-refractivity contribution is -0.120. The third kappa shape index (κ3) is 9.81. The molecule has 1 aliphatic heterocycles. The number of fused-ring (bicyclic) bond motifs is 1. The van der Waals surface area contributed by atoms with E-state index in [0.29, 0.717) is 43.5 Å². The van der Waals surface area contributed by atoms with Crippen LogP contribution in [0.2, 0.25) is 0 Å². The van der Waals surface area contributed by atoms with Crippen LogP contribution in [0.5, 0.6) is 0 Å². The highest BCUT2D eigenvalue weighted by atomic mass is 16.2. The summed E-state index contributed by atoms with van der Waals surface area (Å²) in [5, 5.41) is 9.13. The largest absolute Gasteiger partial charge is 0.387 e. The average Bonchev–Trinajstić information content (AvgIpc) is 2.99. The Hall–Kier alpha value is -3.91. The second-order valence-electron chi connectivity index (χ2n) is 12.5. The summed E-state index contributed by atoms with van der Waals surface area (Å²) < 4.78 is 0. The summed E-state index contributed by atoms with van der Waals surface area (Å²) in [6, 6.07) is 14.1. The third-order valence-electron chi connectivity index (χ3n) is 8.21. The Bertz CT molecular complexity index is 1330.